The van der Waals surface area contributed by atoms with Crippen LogP contribution in [-0.2, 0) is 16.0 Å². The topological polar surface area (TPSA) is 88.3 Å². The zero-order chi connectivity index (χ0) is 14.0. The van der Waals surface area contributed by atoms with E-state index in [0.717, 1.165) is 0 Å². The number of nitrogens with zero attached hydrogens (tertiary/aromatic N) is 3. The minimum atomic E-state index is -0.863. The molecule has 0 bridgehead atoms. The molecule has 7 nitrogen and oxygen atoms in total. The molecule has 1 fully saturated rings. The number of carbonyl (C=O) groups excluding carboxylic acids is 2. The Morgan fingerprint density at radius 3 is 2.79 bits per heavy atom. The fourth-order valence-electron chi connectivity index (χ4n) is 2.27. The lowest BCUT2D eigenvalue weighted by molar-refractivity contribution is -0.153. The monoisotopic (exact) mass is 266 g/mol. The van der Waals surface area contributed by atoms with E-state index in [1.54, 1.807) is 18.7 Å². The van der Waals surface area contributed by atoms with E-state index >= 15 is 0 Å². The summed E-state index contributed by atoms with van der Waals surface area (Å²) in [6.45, 7) is 5.70. The zero-order valence-corrected chi connectivity index (χ0v) is 11.3. The maximum absolute atomic E-state index is 12.4. The van der Waals surface area contributed by atoms with E-state index in [9.17, 15) is 9.59 Å². The van der Waals surface area contributed by atoms with Crippen molar-refractivity contribution in [2.45, 2.75) is 45.2 Å². The third-order valence-electron chi connectivity index (χ3n) is 3.27. The molecule has 1 N–H and O–H groups in total. The largest absolute Gasteiger partial charge is 0.340 e. The van der Waals surface area contributed by atoms with Crippen molar-refractivity contribution < 1.29 is 14.1 Å². The molecule has 19 heavy (non-hydrogen) atoms. The van der Waals surface area contributed by atoms with Crippen LogP contribution in [0.2, 0.25) is 0 Å². The van der Waals surface area contributed by atoms with Crippen LogP contribution in [0.3, 0.4) is 0 Å². The molecule has 1 aromatic rings. The van der Waals surface area contributed by atoms with Gasteiger partial charge in [0.2, 0.25) is 17.7 Å². The highest BCUT2D eigenvalue weighted by molar-refractivity contribution is 5.99. The maximum Gasteiger partial charge on any atom is 0.248 e. The lowest BCUT2D eigenvalue weighted by Gasteiger charge is -2.42. The van der Waals surface area contributed by atoms with Gasteiger partial charge < -0.3 is 14.7 Å². The Labute approximate surface area is 111 Å². The molecule has 0 spiro atoms. The average Bonchev–Trinajstić information content (AvgIpc) is 2.84. The molecule has 1 unspecified atom stereocenters. The van der Waals surface area contributed by atoms with Crippen molar-refractivity contribution in [1.82, 2.24) is 20.4 Å². The summed E-state index contributed by atoms with van der Waals surface area (Å²) in [6.07, 6.45) is 2.35. The highest BCUT2D eigenvalue weighted by Gasteiger charge is 2.44. The summed E-state index contributed by atoms with van der Waals surface area (Å²) in [5.74, 6) is 0.266. The Bertz CT molecular complexity index is 469. The third-order valence-corrected chi connectivity index (χ3v) is 3.27. The van der Waals surface area contributed by atoms with Crippen LogP contribution in [0.15, 0.2) is 10.9 Å². The molecule has 1 aliphatic rings. The lowest BCUT2D eigenvalue weighted by atomic mass is 9.95. The Hall–Kier alpha value is -1.92. The second kappa shape index (κ2) is 4.99. The maximum atomic E-state index is 12.4. The van der Waals surface area contributed by atoms with Crippen LogP contribution >= 0.6 is 0 Å². The van der Waals surface area contributed by atoms with Gasteiger partial charge in [-0.15, -0.1) is 0 Å². The second-order valence-electron chi connectivity index (χ2n) is 5.12. The number of hydrogen-bond donors (Lipinski definition) is 1. The Morgan fingerprint density at radius 1 is 1.47 bits per heavy atom. The molecule has 1 atom stereocenters. The number of nitrogens with one attached hydrogen (secondary N) is 1. The summed E-state index contributed by atoms with van der Waals surface area (Å²) in [5.41, 5.74) is -0.863. The molecule has 2 rings (SSSR count). The van der Waals surface area contributed by atoms with Crippen molar-refractivity contribution in [3.63, 3.8) is 0 Å². The minimum absolute atomic E-state index is 0.0848. The molecular weight excluding hydrogens is 248 g/mol. The molecular formula is C12H18N4O3. The van der Waals surface area contributed by atoms with Crippen LogP contribution in [0.5, 0.6) is 0 Å². The zero-order valence-electron chi connectivity index (χ0n) is 11.3. The predicted molar refractivity (Wildman–Crippen MR) is 66.0 cm³/mol. The van der Waals surface area contributed by atoms with Crippen molar-refractivity contribution in [1.29, 1.82) is 0 Å². The second-order valence-corrected chi connectivity index (χ2v) is 5.12. The number of aromatic nitrogens is 2. The van der Waals surface area contributed by atoms with Gasteiger partial charge in [-0.25, -0.2) is 0 Å². The summed E-state index contributed by atoms with van der Waals surface area (Å²) in [4.78, 5) is 29.9. The van der Waals surface area contributed by atoms with Crippen LogP contribution in [0.4, 0.5) is 0 Å². The van der Waals surface area contributed by atoms with Gasteiger partial charge in [-0.2, -0.15) is 4.98 Å². The summed E-state index contributed by atoms with van der Waals surface area (Å²) >= 11 is 0. The van der Waals surface area contributed by atoms with E-state index in [4.69, 9.17) is 4.52 Å². The van der Waals surface area contributed by atoms with E-state index in [1.165, 1.54) is 6.33 Å². The van der Waals surface area contributed by atoms with E-state index in [1.807, 2.05) is 6.92 Å². The minimum Gasteiger partial charge on any atom is -0.340 e. The number of hydrogen-bond acceptors (Lipinski definition) is 5. The highest BCUT2D eigenvalue weighted by atomic mass is 16.5. The molecule has 1 aliphatic heterocycles. The van der Waals surface area contributed by atoms with Gasteiger partial charge >= 0.3 is 0 Å². The molecule has 1 aromatic heterocycles. The number of amides is 2. The Morgan fingerprint density at radius 2 is 2.21 bits per heavy atom. The van der Waals surface area contributed by atoms with Crippen LogP contribution < -0.4 is 5.32 Å². The molecule has 2 heterocycles. The van der Waals surface area contributed by atoms with Crippen LogP contribution in [0, 0.1) is 0 Å². The predicted octanol–water partition coefficient (Wildman–Crippen LogP) is 0.128. The molecule has 0 radical (unpaired) electrons. The highest BCUT2D eigenvalue weighted by Crippen LogP contribution is 2.20. The fraction of sp³-hybridized carbons (Fsp3) is 0.667. The van der Waals surface area contributed by atoms with Crippen LogP contribution in [-0.4, -0.2) is 45.0 Å². The molecule has 0 saturated carbocycles. The van der Waals surface area contributed by atoms with E-state index < -0.39 is 11.6 Å². The van der Waals surface area contributed by atoms with Gasteiger partial charge in [0.05, 0.1) is 0 Å². The first kappa shape index (κ1) is 13.5. The molecule has 7 heteroatoms. The molecule has 0 aliphatic carbocycles. The lowest BCUT2D eigenvalue weighted by Crippen LogP contribution is -2.68. The fourth-order valence-corrected chi connectivity index (χ4v) is 2.27. The standard InChI is InChI=1S/C12H18N4O3/c1-4-8-10(17)15-12(2,3)11(18)16(8)6-5-9-13-7-14-19-9/h7-8H,4-6H2,1-3H3,(H,15,17). The molecule has 2 amide bonds. The Kier molecular flexibility index (Phi) is 3.55. The van der Waals surface area contributed by atoms with Crippen LogP contribution in [0.1, 0.15) is 33.1 Å². The van der Waals surface area contributed by atoms with E-state index in [-0.39, 0.29) is 11.8 Å². The first-order valence-corrected chi connectivity index (χ1v) is 6.34. The molecule has 0 aromatic carbocycles. The van der Waals surface area contributed by atoms with Crippen molar-refractivity contribution in [3.05, 3.63) is 12.2 Å². The molecule has 1 saturated heterocycles. The quantitative estimate of drug-likeness (QED) is 0.836. The van der Waals surface area contributed by atoms with Crippen LogP contribution in [0.25, 0.3) is 0 Å². The van der Waals surface area contributed by atoms with Gasteiger partial charge in [-0.1, -0.05) is 12.1 Å². The number of piperazine rings is 1. The van der Waals surface area contributed by atoms with Gasteiger partial charge in [-0.05, 0) is 20.3 Å². The van der Waals surface area contributed by atoms with Crippen molar-refractivity contribution >= 4 is 11.8 Å². The number of rotatable bonds is 4. The van der Waals surface area contributed by atoms with Gasteiger partial charge in [0, 0.05) is 13.0 Å². The SMILES string of the molecule is CCC1C(=O)NC(C)(C)C(=O)N1CCc1ncno1. The smallest absolute Gasteiger partial charge is 0.248 e. The van der Waals surface area contributed by atoms with E-state index in [0.29, 0.717) is 25.3 Å². The molecule has 104 valence electrons. The first-order chi connectivity index (χ1) is 8.95. The van der Waals surface area contributed by atoms with Crippen molar-refractivity contribution in [2.75, 3.05) is 6.54 Å². The summed E-state index contributed by atoms with van der Waals surface area (Å²) in [6, 6.07) is -0.427. The summed E-state index contributed by atoms with van der Waals surface area (Å²) in [5, 5.41) is 6.27. The van der Waals surface area contributed by atoms with Gasteiger partial charge in [0.25, 0.3) is 0 Å². The average molecular weight is 266 g/mol. The number of carbonyl (C=O) groups is 2. The van der Waals surface area contributed by atoms with E-state index in [2.05, 4.69) is 15.5 Å². The van der Waals surface area contributed by atoms with Crippen molar-refractivity contribution in [3.8, 4) is 0 Å². The summed E-state index contributed by atoms with van der Waals surface area (Å²) < 4.78 is 4.91. The Balaban J connectivity index is 2.13. The van der Waals surface area contributed by atoms with Crippen molar-refractivity contribution in [2.24, 2.45) is 0 Å². The summed E-state index contributed by atoms with van der Waals surface area (Å²) in [7, 11) is 0. The third kappa shape index (κ3) is 2.59. The van der Waals surface area contributed by atoms with Gasteiger partial charge in [0.15, 0.2) is 6.33 Å². The van der Waals surface area contributed by atoms with Gasteiger partial charge in [-0.3, -0.25) is 9.59 Å². The first-order valence-electron chi connectivity index (χ1n) is 6.34. The van der Waals surface area contributed by atoms with Gasteiger partial charge in [0.1, 0.15) is 11.6 Å². The normalized spacial score (nSPS) is 22.5.